The van der Waals surface area contributed by atoms with Crippen LogP contribution in [0.5, 0.6) is 0 Å². The number of rotatable bonds is 4. The Labute approximate surface area is 110 Å². The van der Waals surface area contributed by atoms with E-state index in [1.807, 2.05) is 11.4 Å². The fraction of sp³-hybridized carbons (Fsp3) is 0.357. The molecular weight excluding hydrogens is 249 g/mol. The van der Waals surface area contributed by atoms with E-state index in [0.29, 0.717) is 5.92 Å². The Morgan fingerprint density at radius 2 is 2.17 bits per heavy atom. The summed E-state index contributed by atoms with van der Waals surface area (Å²) in [5.74, 6) is 0.118. The molecule has 0 saturated heterocycles. The lowest BCUT2D eigenvalue weighted by Crippen LogP contribution is -2.11. The average molecular weight is 265 g/mol. The Hall–Kier alpha value is -1.26. The summed E-state index contributed by atoms with van der Waals surface area (Å²) in [5, 5.41) is 12.1. The lowest BCUT2D eigenvalue weighted by molar-refractivity contribution is 0.235. The lowest BCUT2D eigenvalue weighted by atomic mass is 9.94. The minimum absolute atomic E-state index is 0.0450. The van der Waals surface area contributed by atoms with Gasteiger partial charge in [-0.25, -0.2) is 9.37 Å². The summed E-state index contributed by atoms with van der Waals surface area (Å²) in [4.78, 5) is 4.51. The van der Waals surface area contributed by atoms with Gasteiger partial charge in [-0.05, 0) is 18.1 Å². The van der Waals surface area contributed by atoms with Crippen LogP contribution in [0.1, 0.15) is 25.5 Å². The van der Waals surface area contributed by atoms with Crippen molar-refractivity contribution in [2.45, 2.75) is 19.8 Å². The smallest absolute Gasteiger partial charge is 0.123 e. The van der Waals surface area contributed by atoms with E-state index in [9.17, 15) is 9.50 Å². The van der Waals surface area contributed by atoms with E-state index in [2.05, 4.69) is 18.8 Å². The van der Waals surface area contributed by atoms with Crippen molar-refractivity contribution in [2.24, 2.45) is 5.92 Å². The van der Waals surface area contributed by atoms with Gasteiger partial charge in [0.2, 0.25) is 0 Å². The van der Waals surface area contributed by atoms with Crippen molar-refractivity contribution in [1.29, 1.82) is 0 Å². The molecule has 1 atom stereocenters. The SMILES string of the molecule is CC(C)C(CO)c1csc(-c2cccc(F)c2)n1. The largest absolute Gasteiger partial charge is 0.396 e. The molecule has 2 nitrogen and oxygen atoms in total. The van der Waals surface area contributed by atoms with Crippen molar-refractivity contribution in [1.82, 2.24) is 4.98 Å². The van der Waals surface area contributed by atoms with Crippen molar-refractivity contribution < 1.29 is 9.50 Å². The van der Waals surface area contributed by atoms with E-state index >= 15 is 0 Å². The lowest BCUT2D eigenvalue weighted by Gasteiger charge is -2.15. The first-order valence-corrected chi connectivity index (χ1v) is 6.82. The monoisotopic (exact) mass is 265 g/mol. The number of thiazole rings is 1. The van der Waals surface area contributed by atoms with Crippen LogP contribution in [0.15, 0.2) is 29.6 Å². The Kier molecular flexibility index (Phi) is 4.09. The van der Waals surface area contributed by atoms with Crippen molar-refractivity contribution >= 4 is 11.3 Å². The summed E-state index contributed by atoms with van der Waals surface area (Å²) in [7, 11) is 0. The van der Waals surface area contributed by atoms with Crippen LogP contribution in [-0.2, 0) is 0 Å². The van der Waals surface area contributed by atoms with Gasteiger partial charge < -0.3 is 5.11 Å². The van der Waals surface area contributed by atoms with Gasteiger partial charge in [-0.1, -0.05) is 26.0 Å². The fourth-order valence-electron chi connectivity index (χ4n) is 1.86. The first-order chi connectivity index (χ1) is 8.61. The van der Waals surface area contributed by atoms with Crippen molar-refractivity contribution in [2.75, 3.05) is 6.61 Å². The third-order valence-corrected chi connectivity index (χ3v) is 3.88. The first-order valence-electron chi connectivity index (χ1n) is 5.94. The normalized spacial score (nSPS) is 12.9. The second-order valence-electron chi connectivity index (χ2n) is 4.62. The molecule has 0 aliphatic carbocycles. The average Bonchev–Trinajstić information content (AvgIpc) is 2.79. The minimum Gasteiger partial charge on any atom is -0.396 e. The third-order valence-electron chi connectivity index (χ3n) is 2.97. The van der Waals surface area contributed by atoms with Crippen LogP contribution in [0.4, 0.5) is 4.39 Å². The van der Waals surface area contributed by atoms with Crippen LogP contribution >= 0.6 is 11.3 Å². The summed E-state index contributed by atoms with van der Waals surface area (Å²) in [6, 6.07) is 6.42. The standard InChI is InChI=1S/C14H16FNOS/c1-9(2)12(7-17)13-8-18-14(16-13)10-4-3-5-11(15)6-10/h3-6,8-9,12,17H,7H2,1-2H3. The number of aromatic nitrogens is 1. The van der Waals surface area contributed by atoms with Gasteiger partial charge in [-0.3, -0.25) is 0 Å². The van der Waals surface area contributed by atoms with E-state index in [1.165, 1.54) is 23.5 Å². The molecule has 0 saturated carbocycles. The van der Waals surface area contributed by atoms with Crippen LogP contribution in [0, 0.1) is 11.7 Å². The molecule has 1 N–H and O–H groups in total. The predicted octanol–water partition coefficient (Wildman–Crippen LogP) is 3.68. The van der Waals surface area contributed by atoms with Gasteiger partial charge in [0.15, 0.2) is 0 Å². The third kappa shape index (κ3) is 2.76. The summed E-state index contributed by atoms with van der Waals surface area (Å²) in [5.41, 5.74) is 1.67. The Morgan fingerprint density at radius 1 is 1.39 bits per heavy atom. The quantitative estimate of drug-likeness (QED) is 0.914. The molecule has 1 aromatic heterocycles. The highest BCUT2D eigenvalue weighted by Crippen LogP contribution is 2.30. The second-order valence-corrected chi connectivity index (χ2v) is 5.48. The van der Waals surface area contributed by atoms with Crippen LogP contribution in [-0.4, -0.2) is 16.7 Å². The zero-order valence-electron chi connectivity index (χ0n) is 10.4. The van der Waals surface area contributed by atoms with Crippen molar-refractivity contribution in [3.8, 4) is 10.6 Å². The summed E-state index contributed by atoms with van der Waals surface area (Å²) in [6.45, 7) is 4.20. The molecule has 4 heteroatoms. The van der Waals surface area contributed by atoms with E-state index in [1.54, 1.807) is 6.07 Å². The molecule has 0 aliphatic heterocycles. The van der Waals surface area contributed by atoms with Crippen LogP contribution in [0.25, 0.3) is 10.6 Å². The van der Waals surface area contributed by atoms with Gasteiger partial charge in [0.05, 0.1) is 12.3 Å². The molecule has 0 bridgehead atoms. The molecule has 1 aromatic carbocycles. The van der Waals surface area contributed by atoms with Crippen LogP contribution < -0.4 is 0 Å². The molecule has 1 unspecified atom stereocenters. The maximum absolute atomic E-state index is 13.1. The van der Waals surface area contributed by atoms with E-state index in [-0.39, 0.29) is 18.3 Å². The molecule has 2 aromatic rings. The molecular formula is C14H16FNOS. The molecule has 0 fully saturated rings. The molecule has 0 radical (unpaired) electrons. The Morgan fingerprint density at radius 3 is 2.78 bits per heavy atom. The molecule has 96 valence electrons. The first kappa shape index (κ1) is 13.2. The number of hydrogen-bond acceptors (Lipinski definition) is 3. The Balaban J connectivity index is 2.30. The van der Waals surface area contributed by atoms with Gasteiger partial charge in [-0.15, -0.1) is 11.3 Å². The number of nitrogens with zero attached hydrogens (tertiary/aromatic N) is 1. The van der Waals surface area contributed by atoms with Crippen LogP contribution in [0.3, 0.4) is 0 Å². The molecule has 0 spiro atoms. The van der Waals surface area contributed by atoms with Crippen molar-refractivity contribution in [3.05, 3.63) is 41.2 Å². The topological polar surface area (TPSA) is 33.1 Å². The highest BCUT2D eigenvalue weighted by molar-refractivity contribution is 7.13. The van der Waals surface area contributed by atoms with Crippen molar-refractivity contribution in [3.63, 3.8) is 0 Å². The van der Waals surface area contributed by atoms with E-state index < -0.39 is 0 Å². The summed E-state index contributed by atoms with van der Waals surface area (Å²) >= 11 is 1.48. The molecule has 18 heavy (non-hydrogen) atoms. The summed E-state index contributed by atoms with van der Waals surface area (Å²) < 4.78 is 13.1. The number of aliphatic hydroxyl groups excluding tert-OH is 1. The van der Waals surface area contributed by atoms with Gasteiger partial charge in [0, 0.05) is 16.9 Å². The zero-order chi connectivity index (χ0) is 13.1. The number of benzene rings is 1. The van der Waals surface area contributed by atoms with Gasteiger partial charge in [-0.2, -0.15) is 0 Å². The molecule has 1 heterocycles. The maximum atomic E-state index is 13.1. The predicted molar refractivity (Wildman–Crippen MR) is 72.2 cm³/mol. The number of aliphatic hydroxyl groups is 1. The maximum Gasteiger partial charge on any atom is 0.123 e. The van der Waals surface area contributed by atoms with Gasteiger partial charge in [0.1, 0.15) is 10.8 Å². The summed E-state index contributed by atoms with van der Waals surface area (Å²) in [6.07, 6.45) is 0. The Bertz CT molecular complexity index is 524. The zero-order valence-corrected chi connectivity index (χ0v) is 11.2. The molecule has 2 rings (SSSR count). The highest BCUT2D eigenvalue weighted by atomic mass is 32.1. The number of hydrogen-bond donors (Lipinski definition) is 1. The molecule has 0 amide bonds. The van der Waals surface area contributed by atoms with E-state index in [0.717, 1.165) is 16.3 Å². The van der Waals surface area contributed by atoms with Gasteiger partial charge >= 0.3 is 0 Å². The number of halogens is 1. The highest BCUT2D eigenvalue weighted by Gasteiger charge is 2.18. The molecule has 0 aliphatic rings. The minimum atomic E-state index is -0.258. The van der Waals surface area contributed by atoms with E-state index in [4.69, 9.17) is 0 Å². The second kappa shape index (κ2) is 5.59. The fourth-order valence-corrected chi connectivity index (χ4v) is 2.74. The van der Waals surface area contributed by atoms with Gasteiger partial charge in [0.25, 0.3) is 0 Å². The van der Waals surface area contributed by atoms with Crippen LogP contribution in [0.2, 0.25) is 0 Å².